The van der Waals surface area contributed by atoms with Crippen LogP contribution < -0.4 is 4.90 Å². The minimum absolute atomic E-state index is 0.117. The smallest absolute Gasteiger partial charge is 0.263 e. The number of fused-ring (bicyclic) bond motifs is 1. The van der Waals surface area contributed by atoms with Gasteiger partial charge in [0.15, 0.2) is 11.5 Å². The van der Waals surface area contributed by atoms with Gasteiger partial charge in [0.25, 0.3) is 5.91 Å². The van der Waals surface area contributed by atoms with Crippen molar-refractivity contribution in [2.45, 2.75) is 12.3 Å². The fourth-order valence-electron chi connectivity index (χ4n) is 3.78. The monoisotopic (exact) mass is 383 g/mol. The van der Waals surface area contributed by atoms with Crippen LogP contribution in [0, 0.1) is 0 Å². The van der Waals surface area contributed by atoms with Crippen molar-refractivity contribution in [3.8, 4) is 0 Å². The molecule has 3 aromatic rings. The lowest BCUT2D eigenvalue weighted by Gasteiger charge is -2.28. The van der Waals surface area contributed by atoms with Gasteiger partial charge in [-0.3, -0.25) is 4.79 Å². The molecule has 0 aliphatic carbocycles. The third-order valence-corrected chi connectivity index (χ3v) is 6.14. The summed E-state index contributed by atoms with van der Waals surface area (Å²) in [5.74, 6) is 1.14. The molecule has 0 N–H and O–H groups in total. The van der Waals surface area contributed by atoms with E-state index in [0.29, 0.717) is 6.54 Å². The van der Waals surface area contributed by atoms with Gasteiger partial charge in [0.1, 0.15) is 0 Å². The second-order valence-electron chi connectivity index (χ2n) is 6.97. The molecule has 7 nitrogen and oxygen atoms in total. The van der Waals surface area contributed by atoms with Gasteiger partial charge >= 0.3 is 0 Å². The highest BCUT2D eigenvalue weighted by Crippen LogP contribution is 2.28. The molecule has 8 heteroatoms. The van der Waals surface area contributed by atoms with Gasteiger partial charge in [0, 0.05) is 32.1 Å². The van der Waals surface area contributed by atoms with E-state index in [4.69, 9.17) is 14.8 Å². The Balaban J connectivity index is 1.34. The number of likely N-dealkylation sites (tertiary alicyclic amines) is 1. The van der Waals surface area contributed by atoms with Crippen LogP contribution in [0.4, 0.5) is 5.69 Å². The van der Waals surface area contributed by atoms with Gasteiger partial charge in [-0.25, -0.2) is 9.50 Å². The number of carbonyl (C=O) groups excluding carboxylic acids is 1. The zero-order valence-electron chi connectivity index (χ0n) is 15.0. The molecule has 1 atom stereocenters. The molecule has 27 heavy (non-hydrogen) atoms. The molecule has 5 heterocycles. The van der Waals surface area contributed by atoms with E-state index in [-0.39, 0.29) is 11.8 Å². The van der Waals surface area contributed by atoms with Crippen LogP contribution >= 0.6 is 11.3 Å². The summed E-state index contributed by atoms with van der Waals surface area (Å²) in [5.41, 5.74) is 1.99. The molecular weight excluding hydrogens is 362 g/mol. The maximum atomic E-state index is 12.6. The second-order valence-corrected chi connectivity index (χ2v) is 7.92. The van der Waals surface area contributed by atoms with E-state index in [1.165, 1.54) is 11.3 Å². The molecular formula is C19H21N5O2S. The van der Waals surface area contributed by atoms with E-state index in [1.807, 2.05) is 39.2 Å². The maximum Gasteiger partial charge on any atom is 0.263 e. The molecule has 2 saturated heterocycles. The quantitative estimate of drug-likeness (QED) is 0.694. The summed E-state index contributed by atoms with van der Waals surface area (Å²) < 4.78 is 7.29. The summed E-state index contributed by atoms with van der Waals surface area (Å²) >= 11 is 1.49. The molecule has 3 aromatic heterocycles. The van der Waals surface area contributed by atoms with E-state index in [9.17, 15) is 4.79 Å². The van der Waals surface area contributed by atoms with Gasteiger partial charge < -0.3 is 14.5 Å². The topological polar surface area (TPSA) is 63.0 Å². The predicted molar refractivity (Wildman–Crippen MR) is 104 cm³/mol. The Morgan fingerprint density at radius 1 is 1.19 bits per heavy atom. The normalized spacial score (nSPS) is 20.5. The van der Waals surface area contributed by atoms with Gasteiger partial charge in [-0.2, -0.15) is 5.10 Å². The third kappa shape index (κ3) is 3.19. The van der Waals surface area contributed by atoms with E-state index in [2.05, 4.69) is 11.0 Å². The van der Waals surface area contributed by atoms with Crippen LogP contribution in [0.1, 0.15) is 27.8 Å². The lowest BCUT2D eigenvalue weighted by molar-refractivity contribution is 0.0795. The molecule has 0 radical (unpaired) electrons. The Morgan fingerprint density at radius 3 is 2.89 bits per heavy atom. The fourth-order valence-corrected chi connectivity index (χ4v) is 4.47. The first-order valence-corrected chi connectivity index (χ1v) is 10.2. The summed E-state index contributed by atoms with van der Waals surface area (Å²) in [5, 5.41) is 6.66. The number of pyridine rings is 1. The van der Waals surface area contributed by atoms with E-state index >= 15 is 0 Å². The zero-order chi connectivity index (χ0) is 18.2. The van der Waals surface area contributed by atoms with Crippen LogP contribution in [0.25, 0.3) is 5.65 Å². The number of aromatic nitrogens is 3. The van der Waals surface area contributed by atoms with Gasteiger partial charge in [-0.15, -0.1) is 11.3 Å². The number of thiophene rings is 1. The predicted octanol–water partition coefficient (Wildman–Crippen LogP) is 2.26. The van der Waals surface area contributed by atoms with Gasteiger partial charge in [0.2, 0.25) is 0 Å². The van der Waals surface area contributed by atoms with Crippen LogP contribution in [0.15, 0.2) is 35.8 Å². The standard InChI is InChI=1S/C19H21N5O2S/c25-19(16-2-1-11-27-16)23-6-5-14(12-23)18-20-17-4-3-15(13-24(17)21-18)22-7-9-26-10-8-22/h1-4,11,13-14H,5-10,12H2. The summed E-state index contributed by atoms with van der Waals surface area (Å²) in [7, 11) is 0. The van der Waals surface area contributed by atoms with Gasteiger partial charge in [0.05, 0.1) is 30.0 Å². The first kappa shape index (κ1) is 16.7. The van der Waals surface area contributed by atoms with Gasteiger partial charge in [-0.05, 0) is 30.0 Å². The number of anilines is 1. The minimum atomic E-state index is 0.117. The highest BCUT2D eigenvalue weighted by atomic mass is 32.1. The second kappa shape index (κ2) is 6.94. The Morgan fingerprint density at radius 2 is 2.07 bits per heavy atom. The summed E-state index contributed by atoms with van der Waals surface area (Å²) in [6.45, 7) is 4.76. The number of amides is 1. The van der Waals surface area contributed by atoms with Crippen molar-refractivity contribution in [1.82, 2.24) is 19.5 Å². The third-order valence-electron chi connectivity index (χ3n) is 5.28. The lowest BCUT2D eigenvalue weighted by Crippen LogP contribution is -2.36. The molecule has 2 aliphatic heterocycles. The molecule has 0 saturated carbocycles. The lowest BCUT2D eigenvalue weighted by atomic mass is 10.1. The molecule has 2 fully saturated rings. The van der Waals surface area contributed by atoms with Crippen molar-refractivity contribution in [3.63, 3.8) is 0 Å². The molecule has 0 bridgehead atoms. The number of ether oxygens (including phenoxy) is 1. The Hall–Kier alpha value is -2.45. The number of nitrogens with zero attached hydrogens (tertiary/aromatic N) is 5. The average Bonchev–Trinajstić information content (AvgIpc) is 3.47. The van der Waals surface area contributed by atoms with Crippen molar-refractivity contribution in [3.05, 3.63) is 46.5 Å². The SMILES string of the molecule is O=C(c1cccs1)N1CCC(c2nc3ccc(N4CCOCC4)cn3n2)C1. The number of morpholine rings is 1. The maximum absolute atomic E-state index is 12.6. The first-order chi connectivity index (χ1) is 13.3. The fraction of sp³-hybridized carbons (Fsp3) is 0.421. The average molecular weight is 383 g/mol. The van der Waals surface area contributed by atoms with Crippen LogP contribution in [-0.2, 0) is 4.74 Å². The molecule has 5 rings (SSSR count). The molecule has 140 valence electrons. The van der Waals surface area contributed by atoms with Crippen molar-refractivity contribution < 1.29 is 9.53 Å². The number of hydrogen-bond donors (Lipinski definition) is 0. The molecule has 1 amide bonds. The first-order valence-electron chi connectivity index (χ1n) is 9.30. The summed E-state index contributed by atoms with van der Waals surface area (Å²) in [4.78, 5) is 22.3. The van der Waals surface area contributed by atoms with E-state index in [1.54, 1.807) is 0 Å². The van der Waals surface area contributed by atoms with Crippen molar-refractivity contribution >= 4 is 28.6 Å². The Kier molecular flexibility index (Phi) is 4.29. The highest BCUT2D eigenvalue weighted by molar-refractivity contribution is 7.12. The van der Waals surface area contributed by atoms with E-state index < -0.39 is 0 Å². The van der Waals surface area contributed by atoms with Crippen LogP contribution in [0.3, 0.4) is 0 Å². The Labute approximate surface area is 161 Å². The molecule has 1 unspecified atom stereocenters. The van der Waals surface area contributed by atoms with Crippen molar-refractivity contribution in [1.29, 1.82) is 0 Å². The van der Waals surface area contributed by atoms with Crippen molar-refractivity contribution in [2.75, 3.05) is 44.3 Å². The zero-order valence-corrected chi connectivity index (χ0v) is 15.8. The Bertz CT molecular complexity index is 948. The largest absolute Gasteiger partial charge is 0.378 e. The summed E-state index contributed by atoms with van der Waals surface area (Å²) in [6, 6.07) is 7.92. The van der Waals surface area contributed by atoms with E-state index in [0.717, 1.165) is 61.3 Å². The summed E-state index contributed by atoms with van der Waals surface area (Å²) in [6.07, 6.45) is 2.95. The molecule has 2 aliphatic rings. The highest BCUT2D eigenvalue weighted by Gasteiger charge is 2.31. The molecule has 0 spiro atoms. The number of rotatable bonds is 3. The number of hydrogen-bond acceptors (Lipinski definition) is 6. The van der Waals surface area contributed by atoms with Crippen LogP contribution in [0.5, 0.6) is 0 Å². The van der Waals surface area contributed by atoms with Crippen molar-refractivity contribution in [2.24, 2.45) is 0 Å². The van der Waals surface area contributed by atoms with Crippen LogP contribution in [-0.4, -0.2) is 64.8 Å². The van der Waals surface area contributed by atoms with Gasteiger partial charge in [-0.1, -0.05) is 6.07 Å². The molecule has 0 aromatic carbocycles. The van der Waals surface area contributed by atoms with Crippen LogP contribution in [0.2, 0.25) is 0 Å². The minimum Gasteiger partial charge on any atom is -0.378 e. The number of carbonyl (C=O) groups is 1.